The van der Waals surface area contributed by atoms with E-state index in [9.17, 15) is 0 Å². The Hall–Kier alpha value is -0.120. The Morgan fingerprint density at radius 2 is 2.12 bits per heavy atom. The van der Waals surface area contributed by atoms with Crippen molar-refractivity contribution in [3.63, 3.8) is 0 Å². The first kappa shape index (κ1) is 12.3. The molecule has 0 aromatic carbocycles. The third-order valence-electron chi connectivity index (χ3n) is 4.11. The number of rotatable bonds is 4. The molecule has 2 rings (SSSR count). The molecule has 0 spiro atoms. The van der Waals surface area contributed by atoms with Crippen LogP contribution in [0.2, 0.25) is 0 Å². The Morgan fingerprint density at radius 1 is 1.38 bits per heavy atom. The van der Waals surface area contributed by atoms with Gasteiger partial charge < -0.3 is 10.1 Å². The molecule has 3 heteroatoms. The summed E-state index contributed by atoms with van der Waals surface area (Å²) < 4.78 is 5.30. The fourth-order valence-electron chi connectivity index (χ4n) is 2.88. The van der Waals surface area contributed by atoms with Crippen LogP contribution < -0.4 is 5.32 Å². The number of methoxy groups -OCH3 is 1. The molecule has 0 aromatic rings. The third kappa shape index (κ3) is 2.96. The van der Waals surface area contributed by atoms with Crippen molar-refractivity contribution < 1.29 is 4.74 Å². The van der Waals surface area contributed by atoms with Crippen LogP contribution in [0.1, 0.15) is 33.1 Å². The average Bonchev–Trinajstić information content (AvgIpc) is 3.04. The summed E-state index contributed by atoms with van der Waals surface area (Å²) in [6.07, 6.45) is 4.12. The summed E-state index contributed by atoms with van der Waals surface area (Å²) in [5.41, 5.74) is 0. The molecule has 3 nitrogen and oxygen atoms in total. The topological polar surface area (TPSA) is 24.5 Å². The minimum Gasteiger partial charge on any atom is -0.383 e. The molecule has 2 aliphatic rings. The molecule has 0 aromatic heterocycles. The van der Waals surface area contributed by atoms with Crippen molar-refractivity contribution in [3.8, 4) is 0 Å². The Labute approximate surface area is 99.5 Å². The van der Waals surface area contributed by atoms with Gasteiger partial charge >= 0.3 is 0 Å². The normalized spacial score (nSPS) is 34.7. The molecule has 0 amide bonds. The fraction of sp³-hybridized carbons (Fsp3) is 1.00. The van der Waals surface area contributed by atoms with Crippen molar-refractivity contribution >= 4 is 0 Å². The maximum Gasteiger partial charge on any atom is 0.0615 e. The van der Waals surface area contributed by atoms with Crippen molar-refractivity contribution in [2.75, 3.05) is 26.8 Å². The summed E-state index contributed by atoms with van der Waals surface area (Å²) >= 11 is 0. The second kappa shape index (κ2) is 5.48. The molecule has 1 saturated heterocycles. The molecule has 16 heavy (non-hydrogen) atoms. The Balaban J connectivity index is 1.94. The van der Waals surface area contributed by atoms with Gasteiger partial charge in [-0.3, -0.25) is 4.90 Å². The maximum absolute atomic E-state index is 5.30. The van der Waals surface area contributed by atoms with E-state index >= 15 is 0 Å². The second-order valence-electron chi connectivity index (χ2n) is 5.54. The summed E-state index contributed by atoms with van der Waals surface area (Å²) in [6.45, 7) is 7.87. The van der Waals surface area contributed by atoms with Crippen LogP contribution in [0.3, 0.4) is 0 Å². The van der Waals surface area contributed by atoms with E-state index in [0.717, 1.165) is 18.6 Å². The molecular formula is C13H26N2O. The molecular weight excluding hydrogens is 200 g/mol. The number of hydrogen-bond donors (Lipinski definition) is 1. The highest BCUT2D eigenvalue weighted by molar-refractivity contribution is 4.92. The third-order valence-corrected chi connectivity index (χ3v) is 4.11. The molecule has 1 heterocycles. The van der Waals surface area contributed by atoms with Crippen LogP contribution in [-0.2, 0) is 4.74 Å². The molecule has 1 aliphatic heterocycles. The van der Waals surface area contributed by atoms with Gasteiger partial charge in [-0.2, -0.15) is 0 Å². The van der Waals surface area contributed by atoms with Gasteiger partial charge in [-0.05, 0) is 45.6 Å². The van der Waals surface area contributed by atoms with E-state index < -0.39 is 0 Å². The highest BCUT2D eigenvalue weighted by Crippen LogP contribution is 2.34. The monoisotopic (exact) mass is 226 g/mol. The predicted molar refractivity (Wildman–Crippen MR) is 66.6 cm³/mol. The van der Waals surface area contributed by atoms with Crippen LogP contribution in [0.15, 0.2) is 0 Å². The number of hydrogen-bond acceptors (Lipinski definition) is 3. The average molecular weight is 226 g/mol. The van der Waals surface area contributed by atoms with E-state index in [2.05, 4.69) is 24.1 Å². The van der Waals surface area contributed by atoms with Gasteiger partial charge in [-0.15, -0.1) is 0 Å². The highest BCUT2D eigenvalue weighted by Gasteiger charge is 2.35. The van der Waals surface area contributed by atoms with Crippen molar-refractivity contribution in [1.82, 2.24) is 10.2 Å². The zero-order valence-electron chi connectivity index (χ0n) is 10.9. The lowest BCUT2D eigenvalue weighted by atomic mass is 10.1. The van der Waals surface area contributed by atoms with Crippen molar-refractivity contribution in [2.45, 2.75) is 51.2 Å². The summed E-state index contributed by atoms with van der Waals surface area (Å²) in [5, 5.41) is 3.72. The summed E-state index contributed by atoms with van der Waals surface area (Å²) in [4.78, 5) is 2.63. The lowest BCUT2D eigenvalue weighted by Gasteiger charge is -2.34. The van der Waals surface area contributed by atoms with E-state index in [1.165, 1.54) is 32.4 Å². The quantitative estimate of drug-likeness (QED) is 0.786. The van der Waals surface area contributed by atoms with Crippen LogP contribution in [0.5, 0.6) is 0 Å². The van der Waals surface area contributed by atoms with Gasteiger partial charge in [0.25, 0.3) is 0 Å². The first-order valence-corrected chi connectivity index (χ1v) is 6.70. The minimum absolute atomic E-state index is 0.543. The van der Waals surface area contributed by atoms with Crippen LogP contribution in [-0.4, -0.2) is 49.8 Å². The van der Waals surface area contributed by atoms with Crippen LogP contribution in [0.25, 0.3) is 0 Å². The standard InChI is InChI=1S/C13H26N2O/c1-10-6-7-14-13(12-4-5-12)8-15(10)11(2)9-16-3/h10-14H,4-9H2,1-3H3. The highest BCUT2D eigenvalue weighted by atomic mass is 16.5. The van der Waals surface area contributed by atoms with Gasteiger partial charge in [0, 0.05) is 31.8 Å². The maximum atomic E-state index is 5.30. The molecule has 3 unspecified atom stereocenters. The SMILES string of the molecule is COCC(C)N1CC(C2CC2)NCCC1C. The summed E-state index contributed by atoms with van der Waals surface area (Å²) in [5.74, 6) is 0.947. The molecule has 1 aliphatic carbocycles. The van der Waals surface area contributed by atoms with Gasteiger partial charge in [-0.1, -0.05) is 0 Å². The second-order valence-corrected chi connectivity index (χ2v) is 5.54. The number of nitrogens with zero attached hydrogens (tertiary/aromatic N) is 1. The summed E-state index contributed by atoms with van der Waals surface area (Å²) in [7, 11) is 1.80. The first-order valence-electron chi connectivity index (χ1n) is 6.70. The van der Waals surface area contributed by atoms with Gasteiger partial charge in [0.1, 0.15) is 0 Å². The smallest absolute Gasteiger partial charge is 0.0615 e. The van der Waals surface area contributed by atoms with Gasteiger partial charge in [0.2, 0.25) is 0 Å². The van der Waals surface area contributed by atoms with Crippen molar-refractivity contribution in [1.29, 1.82) is 0 Å². The van der Waals surface area contributed by atoms with Crippen LogP contribution >= 0.6 is 0 Å². The molecule has 3 atom stereocenters. The Morgan fingerprint density at radius 3 is 2.75 bits per heavy atom. The zero-order chi connectivity index (χ0) is 11.5. The van der Waals surface area contributed by atoms with E-state index in [4.69, 9.17) is 4.74 Å². The van der Waals surface area contributed by atoms with E-state index in [-0.39, 0.29) is 0 Å². The van der Waals surface area contributed by atoms with Gasteiger partial charge in [-0.25, -0.2) is 0 Å². The lowest BCUT2D eigenvalue weighted by molar-refractivity contribution is 0.0717. The van der Waals surface area contributed by atoms with Gasteiger partial charge in [0.05, 0.1) is 6.61 Å². The molecule has 1 saturated carbocycles. The van der Waals surface area contributed by atoms with Crippen molar-refractivity contribution in [3.05, 3.63) is 0 Å². The Kier molecular flexibility index (Phi) is 4.22. The molecule has 0 radical (unpaired) electrons. The van der Waals surface area contributed by atoms with Gasteiger partial charge in [0.15, 0.2) is 0 Å². The largest absolute Gasteiger partial charge is 0.383 e. The molecule has 2 fully saturated rings. The predicted octanol–water partition coefficient (Wildman–Crippen LogP) is 1.48. The molecule has 1 N–H and O–H groups in total. The molecule has 0 bridgehead atoms. The van der Waals surface area contributed by atoms with E-state index in [1.807, 2.05) is 0 Å². The number of ether oxygens (including phenoxy) is 1. The summed E-state index contributed by atoms with van der Waals surface area (Å²) in [6, 6.07) is 1.95. The molecule has 94 valence electrons. The van der Waals surface area contributed by atoms with Crippen LogP contribution in [0.4, 0.5) is 0 Å². The Bertz CT molecular complexity index is 218. The zero-order valence-corrected chi connectivity index (χ0v) is 10.9. The van der Waals surface area contributed by atoms with Crippen LogP contribution in [0, 0.1) is 5.92 Å². The minimum atomic E-state index is 0.543. The van der Waals surface area contributed by atoms with Crippen molar-refractivity contribution in [2.24, 2.45) is 5.92 Å². The van der Waals surface area contributed by atoms with E-state index in [0.29, 0.717) is 12.1 Å². The van der Waals surface area contributed by atoms with E-state index in [1.54, 1.807) is 7.11 Å². The first-order chi connectivity index (χ1) is 7.72. The fourth-order valence-corrected chi connectivity index (χ4v) is 2.88. The number of nitrogens with one attached hydrogen (secondary N) is 1. The lowest BCUT2D eigenvalue weighted by Crippen LogP contribution is -2.47.